The Labute approximate surface area is 114 Å². The van der Waals surface area contributed by atoms with Crippen LogP contribution in [0.4, 0.5) is 10.1 Å². The van der Waals surface area contributed by atoms with Gasteiger partial charge in [0.15, 0.2) is 0 Å². The van der Waals surface area contributed by atoms with E-state index in [0.717, 1.165) is 6.07 Å². The Morgan fingerprint density at radius 2 is 2.05 bits per heavy atom. The molecule has 0 saturated carbocycles. The first kappa shape index (κ1) is 13.5. The second-order valence-electron chi connectivity index (χ2n) is 4.06. The molecule has 0 aromatic heterocycles. The number of halogens is 1. The molecule has 6 heteroatoms. The number of nitro groups is 1. The third-order valence-electron chi connectivity index (χ3n) is 2.62. The summed E-state index contributed by atoms with van der Waals surface area (Å²) in [7, 11) is 0. The fourth-order valence-electron chi connectivity index (χ4n) is 1.67. The van der Waals surface area contributed by atoms with Gasteiger partial charge in [-0.1, -0.05) is 12.1 Å². The molecule has 0 radical (unpaired) electrons. The number of hydrogen-bond donors (Lipinski definition) is 0. The Bertz CT molecular complexity index is 723. The number of hydrogen-bond acceptors (Lipinski definition) is 4. The van der Waals surface area contributed by atoms with Crippen LogP contribution in [0.15, 0.2) is 36.4 Å². The van der Waals surface area contributed by atoms with Crippen LogP contribution >= 0.6 is 0 Å². The first-order valence-corrected chi connectivity index (χ1v) is 5.64. The van der Waals surface area contributed by atoms with Crippen LogP contribution in [-0.4, -0.2) is 4.92 Å². The zero-order valence-electron chi connectivity index (χ0n) is 10.5. The van der Waals surface area contributed by atoms with Crippen LogP contribution in [0.3, 0.4) is 0 Å². The van der Waals surface area contributed by atoms with Gasteiger partial charge in [-0.3, -0.25) is 10.1 Å². The second-order valence-corrected chi connectivity index (χ2v) is 4.06. The molecule has 0 heterocycles. The summed E-state index contributed by atoms with van der Waals surface area (Å²) in [6.45, 7) is 1.71. The summed E-state index contributed by atoms with van der Waals surface area (Å²) < 4.78 is 18.8. The standard InChI is InChI=1S/C14H9FN2O3/c1-9-5-6-14(12(7-9)17(18)19)20-13-4-2-3-11(15)10(13)8-16/h2-7H,1H3. The summed E-state index contributed by atoms with van der Waals surface area (Å²) >= 11 is 0. The van der Waals surface area contributed by atoms with Crippen molar-refractivity contribution in [3.63, 3.8) is 0 Å². The highest BCUT2D eigenvalue weighted by molar-refractivity contribution is 5.53. The maximum atomic E-state index is 13.4. The van der Waals surface area contributed by atoms with Crippen LogP contribution in [0.5, 0.6) is 11.5 Å². The summed E-state index contributed by atoms with van der Waals surface area (Å²) in [4.78, 5) is 10.4. The van der Waals surface area contributed by atoms with Crippen molar-refractivity contribution in [2.45, 2.75) is 6.92 Å². The highest BCUT2D eigenvalue weighted by Gasteiger charge is 2.18. The molecule has 0 N–H and O–H groups in total. The Morgan fingerprint density at radius 1 is 1.30 bits per heavy atom. The molecule has 2 aromatic carbocycles. The molecule has 2 aromatic rings. The maximum Gasteiger partial charge on any atom is 0.311 e. The number of rotatable bonds is 3. The number of nitriles is 1. The molecule has 0 aliphatic rings. The van der Waals surface area contributed by atoms with E-state index in [9.17, 15) is 14.5 Å². The quantitative estimate of drug-likeness (QED) is 0.630. The van der Waals surface area contributed by atoms with Crippen molar-refractivity contribution in [2.24, 2.45) is 0 Å². The number of ether oxygens (including phenoxy) is 1. The molecule has 0 aliphatic heterocycles. The van der Waals surface area contributed by atoms with Gasteiger partial charge in [-0.15, -0.1) is 0 Å². The molecule has 100 valence electrons. The molecule has 0 amide bonds. The van der Waals surface area contributed by atoms with E-state index in [-0.39, 0.29) is 22.7 Å². The van der Waals surface area contributed by atoms with Crippen LogP contribution in [0.1, 0.15) is 11.1 Å². The van der Waals surface area contributed by atoms with Crippen molar-refractivity contribution in [1.82, 2.24) is 0 Å². The van der Waals surface area contributed by atoms with Gasteiger partial charge in [-0.05, 0) is 30.7 Å². The summed E-state index contributed by atoms with van der Waals surface area (Å²) in [6, 6.07) is 9.94. The van der Waals surface area contributed by atoms with Gasteiger partial charge >= 0.3 is 5.69 Å². The Balaban J connectivity index is 2.49. The lowest BCUT2D eigenvalue weighted by Crippen LogP contribution is -1.96. The van der Waals surface area contributed by atoms with E-state index < -0.39 is 10.7 Å². The molecule has 0 bridgehead atoms. The van der Waals surface area contributed by atoms with Crippen LogP contribution < -0.4 is 4.74 Å². The molecule has 0 unspecified atom stereocenters. The van der Waals surface area contributed by atoms with E-state index >= 15 is 0 Å². The molecule has 2 rings (SSSR count). The zero-order valence-corrected chi connectivity index (χ0v) is 10.5. The largest absolute Gasteiger partial charge is 0.449 e. The Morgan fingerprint density at radius 3 is 2.70 bits per heavy atom. The number of nitrogens with zero attached hydrogens (tertiary/aromatic N) is 2. The fourth-order valence-corrected chi connectivity index (χ4v) is 1.67. The van der Waals surface area contributed by atoms with Gasteiger partial charge in [0.05, 0.1) is 4.92 Å². The third-order valence-corrected chi connectivity index (χ3v) is 2.62. The molecule has 0 aliphatic carbocycles. The molecule has 0 fully saturated rings. The van der Waals surface area contributed by atoms with E-state index in [1.165, 1.54) is 24.3 Å². The minimum atomic E-state index is -0.736. The zero-order chi connectivity index (χ0) is 14.7. The van der Waals surface area contributed by atoms with E-state index in [1.807, 2.05) is 0 Å². The van der Waals surface area contributed by atoms with E-state index in [1.54, 1.807) is 19.1 Å². The lowest BCUT2D eigenvalue weighted by Gasteiger charge is -2.08. The van der Waals surface area contributed by atoms with Gasteiger partial charge in [0, 0.05) is 6.07 Å². The summed E-state index contributed by atoms with van der Waals surface area (Å²) in [5, 5.41) is 19.9. The molecule has 20 heavy (non-hydrogen) atoms. The van der Waals surface area contributed by atoms with Crippen LogP contribution in [0.25, 0.3) is 0 Å². The van der Waals surface area contributed by atoms with Crippen molar-refractivity contribution in [3.05, 3.63) is 63.5 Å². The van der Waals surface area contributed by atoms with Gasteiger partial charge in [0.1, 0.15) is 23.2 Å². The minimum absolute atomic E-state index is 0.0392. The van der Waals surface area contributed by atoms with Gasteiger partial charge in [0.2, 0.25) is 5.75 Å². The van der Waals surface area contributed by atoms with Gasteiger partial charge in [-0.25, -0.2) is 4.39 Å². The monoisotopic (exact) mass is 272 g/mol. The normalized spacial score (nSPS) is 9.85. The first-order chi connectivity index (χ1) is 9.52. The number of aryl methyl sites for hydroxylation is 1. The molecule has 0 spiro atoms. The maximum absolute atomic E-state index is 13.4. The van der Waals surface area contributed by atoms with E-state index in [4.69, 9.17) is 10.00 Å². The van der Waals surface area contributed by atoms with Crippen molar-refractivity contribution in [2.75, 3.05) is 0 Å². The highest BCUT2D eigenvalue weighted by Crippen LogP contribution is 2.33. The molecule has 0 atom stereocenters. The third kappa shape index (κ3) is 2.57. The number of nitro benzene ring substituents is 1. The van der Waals surface area contributed by atoms with Gasteiger partial charge in [-0.2, -0.15) is 5.26 Å². The fraction of sp³-hybridized carbons (Fsp3) is 0.0714. The van der Waals surface area contributed by atoms with Gasteiger partial charge < -0.3 is 4.74 Å². The Kier molecular flexibility index (Phi) is 3.62. The van der Waals surface area contributed by atoms with E-state index in [0.29, 0.717) is 5.56 Å². The molecular formula is C14H9FN2O3. The van der Waals surface area contributed by atoms with E-state index in [2.05, 4.69) is 0 Å². The topological polar surface area (TPSA) is 76.2 Å². The summed E-state index contributed by atoms with van der Waals surface area (Å²) in [6.07, 6.45) is 0. The lowest BCUT2D eigenvalue weighted by molar-refractivity contribution is -0.385. The summed E-state index contributed by atoms with van der Waals surface area (Å²) in [5.74, 6) is -0.832. The van der Waals surface area contributed by atoms with Crippen LogP contribution in [0, 0.1) is 34.2 Å². The predicted molar refractivity (Wildman–Crippen MR) is 69.0 cm³/mol. The molecule has 0 saturated heterocycles. The first-order valence-electron chi connectivity index (χ1n) is 5.64. The highest BCUT2D eigenvalue weighted by atomic mass is 19.1. The van der Waals surface area contributed by atoms with Crippen molar-refractivity contribution < 1.29 is 14.1 Å². The second kappa shape index (κ2) is 5.36. The molecular weight excluding hydrogens is 263 g/mol. The van der Waals surface area contributed by atoms with Crippen molar-refractivity contribution in [3.8, 4) is 17.6 Å². The SMILES string of the molecule is Cc1ccc(Oc2cccc(F)c2C#N)c([N+](=O)[O-])c1. The average Bonchev–Trinajstić information content (AvgIpc) is 2.41. The summed E-state index contributed by atoms with van der Waals surface area (Å²) in [5.41, 5.74) is 0.171. The van der Waals surface area contributed by atoms with Gasteiger partial charge in [0.25, 0.3) is 0 Å². The predicted octanol–water partition coefficient (Wildman–Crippen LogP) is 3.71. The molecule has 5 nitrogen and oxygen atoms in total. The number of benzene rings is 2. The van der Waals surface area contributed by atoms with Crippen LogP contribution in [0.2, 0.25) is 0 Å². The lowest BCUT2D eigenvalue weighted by atomic mass is 10.2. The minimum Gasteiger partial charge on any atom is -0.449 e. The van der Waals surface area contributed by atoms with Crippen molar-refractivity contribution >= 4 is 5.69 Å². The van der Waals surface area contributed by atoms with Crippen LogP contribution in [-0.2, 0) is 0 Å². The average molecular weight is 272 g/mol. The van der Waals surface area contributed by atoms with Crippen molar-refractivity contribution in [1.29, 1.82) is 5.26 Å². The Hall–Kier alpha value is -2.94. The smallest absolute Gasteiger partial charge is 0.311 e.